The fourth-order valence-corrected chi connectivity index (χ4v) is 6.38. The van der Waals surface area contributed by atoms with Crippen molar-refractivity contribution in [3.05, 3.63) is 144 Å². The Morgan fingerprint density at radius 2 is 1.67 bits per heavy atom. The van der Waals surface area contributed by atoms with Gasteiger partial charge in [-0.25, -0.2) is 9.79 Å². The van der Waals surface area contributed by atoms with Crippen LogP contribution in [0.25, 0.3) is 23.1 Å². The molecule has 7 nitrogen and oxygen atoms in total. The summed E-state index contributed by atoms with van der Waals surface area (Å²) >= 11 is 1.24. The fourth-order valence-electron chi connectivity index (χ4n) is 5.40. The van der Waals surface area contributed by atoms with Gasteiger partial charge in [0.1, 0.15) is 11.5 Å². The van der Waals surface area contributed by atoms with E-state index in [9.17, 15) is 14.4 Å². The molecule has 0 unspecified atom stereocenters. The van der Waals surface area contributed by atoms with Gasteiger partial charge in [0, 0.05) is 22.8 Å². The van der Waals surface area contributed by atoms with E-state index in [0.717, 1.165) is 22.3 Å². The highest BCUT2D eigenvalue weighted by Gasteiger charge is 2.35. The van der Waals surface area contributed by atoms with Crippen LogP contribution in [-0.2, 0) is 9.53 Å². The summed E-state index contributed by atoms with van der Waals surface area (Å²) in [6.07, 6.45) is 1.70. The van der Waals surface area contributed by atoms with Crippen molar-refractivity contribution in [2.45, 2.75) is 39.7 Å². The van der Waals surface area contributed by atoms with Gasteiger partial charge in [0.05, 0.1) is 28.5 Å². The van der Waals surface area contributed by atoms with E-state index in [2.05, 4.69) is 13.8 Å². The first kappa shape index (κ1) is 30.0. The van der Waals surface area contributed by atoms with Crippen molar-refractivity contribution in [3.63, 3.8) is 0 Å². The van der Waals surface area contributed by atoms with Crippen molar-refractivity contribution in [2.24, 2.45) is 4.99 Å². The average Bonchev–Trinajstić information content (AvgIpc) is 3.64. The van der Waals surface area contributed by atoms with Gasteiger partial charge < -0.3 is 9.15 Å². The zero-order valence-corrected chi connectivity index (χ0v) is 26.3. The molecule has 3 heterocycles. The number of carbonyl (C=O) groups is 2. The summed E-state index contributed by atoms with van der Waals surface area (Å²) in [6, 6.07) is 27.6. The van der Waals surface area contributed by atoms with E-state index in [1.807, 2.05) is 72.8 Å². The quantitative estimate of drug-likeness (QED) is 0.146. The number of rotatable bonds is 8. The molecular formula is C37H32N2O5S. The molecule has 1 atom stereocenters. The number of nitrogens with zero attached hydrogens (tertiary/aromatic N) is 2. The Labute approximate surface area is 264 Å². The number of Topliss-reactive ketones (excluding diaryl/α,β-unsaturated/α-hetero) is 1. The van der Waals surface area contributed by atoms with Crippen molar-refractivity contribution < 1.29 is 18.7 Å². The summed E-state index contributed by atoms with van der Waals surface area (Å²) in [4.78, 5) is 44.9. The molecule has 0 bridgehead atoms. The first-order valence-electron chi connectivity index (χ1n) is 14.8. The minimum atomic E-state index is -0.745. The lowest BCUT2D eigenvalue weighted by atomic mass is 9.91. The van der Waals surface area contributed by atoms with E-state index in [0.29, 0.717) is 43.6 Å². The van der Waals surface area contributed by atoms with Crippen LogP contribution >= 0.6 is 11.3 Å². The van der Waals surface area contributed by atoms with Gasteiger partial charge in [-0.15, -0.1) is 0 Å². The third-order valence-electron chi connectivity index (χ3n) is 7.77. The Hall–Kier alpha value is -5.08. The maximum absolute atomic E-state index is 14.2. The van der Waals surface area contributed by atoms with Crippen LogP contribution in [0.2, 0.25) is 0 Å². The van der Waals surface area contributed by atoms with E-state index in [-0.39, 0.29) is 17.9 Å². The number of esters is 1. The molecular weight excluding hydrogens is 584 g/mol. The number of thiazole rings is 1. The predicted molar refractivity (Wildman–Crippen MR) is 176 cm³/mol. The monoisotopic (exact) mass is 616 g/mol. The molecule has 0 N–H and O–H groups in total. The van der Waals surface area contributed by atoms with Gasteiger partial charge >= 0.3 is 5.97 Å². The molecule has 1 aliphatic rings. The lowest BCUT2D eigenvalue weighted by Crippen LogP contribution is -2.40. The van der Waals surface area contributed by atoms with Crippen molar-refractivity contribution in [1.29, 1.82) is 0 Å². The van der Waals surface area contributed by atoms with Crippen LogP contribution in [0.4, 0.5) is 0 Å². The number of furan rings is 1. The number of ether oxygens (including phenoxy) is 1. The number of benzene rings is 3. The van der Waals surface area contributed by atoms with Crippen molar-refractivity contribution in [1.82, 2.24) is 4.57 Å². The zero-order chi connectivity index (χ0) is 31.7. The number of fused-ring (bicyclic) bond motifs is 1. The Morgan fingerprint density at radius 1 is 0.956 bits per heavy atom. The lowest BCUT2D eigenvalue weighted by molar-refractivity contribution is -0.138. The Kier molecular flexibility index (Phi) is 8.32. The summed E-state index contributed by atoms with van der Waals surface area (Å²) in [5, 5.41) is 0. The number of hydrogen-bond donors (Lipinski definition) is 0. The maximum atomic E-state index is 14.2. The van der Waals surface area contributed by atoms with Crippen LogP contribution in [-0.4, -0.2) is 22.9 Å². The van der Waals surface area contributed by atoms with Gasteiger partial charge in [0.15, 0.2) is 10.6 Å². The molecule has 0 saturated carbocycles. The van der Waals surface area contributed by atoms with Gasteiger partial charge in [0.2, 0.25) is 0 Å². The minimum Gasteiger partial charge on any atom is -0.463 e. The molecule has 5 aromatic rings. The van der Waals surface area contributed by atoms with Crippen LogP contribution in [0, 0.1) is 0 Å². The van der Waals surface area contributed by atoms with E-state index in [4.69, 9.17) is 14.1 Å². The minimum absolute atomic E-state index is 0.00670. The predicted octanol–water partition coefficient (Wildman–Crippen LogP) is 6.52. The molecule has 6 rings (SSSR count). The number of hydrogen-bond acceptors (Lipinski definition) is 7. The molecule has 2 aromatic heterocycles. The summed E-state index contributed by atoms with van der Waals surface area (Å²) < 4.78 is 13.7. The average molecular weight is 617 g/mol. The maximum Gasteiger partial charge on any atom is 0.338 e. The topological polar surface area (TPSA) is 90.9 Å². The standard InChI is InChI=1S/C37H32N2O5S/c1-5-43-36(42)32-33(27-9-7-6-8-10-27)38-37-39(34(32)28-17-11-24(12-18-28)22(2)3)35(41)31(45-37)21-29-19-20-30(44-29)26-15-13-25(14-16-26)23(4)40/h6-22,34H,5H2,1-4H3/b31-21-/t34-/m1/s1. The molecule has 45 heavy (non-hydrogen) atoms. The fraction of sp³-hybridized carbons (Fsp3) is 0.189. The number of carbonyl (C=O) groups excluding carboxylic acids is 2. The van der Waals surface area contributed by atoms with E-state index < -0.39 is 12.0 Å². The zero-order valence-electron chi connectivity index (χ0n) is 25.4. The van der Waals surface area contributed by atoms with Crippen LogP contribution in [0.5, 0.6) is 0 Å². The Bertz CT molecular complexity index is 2100. The van der Waals surface area contributed by atoms with Crippen LogP contribution in [0.15, 0.2) is 111 Å². The van der Waals surface area contributed by atoms with Crippen molar-refractivity contribution in [3.8, 4) is 11.3 Å². The highest BCUT2D eigenvalue weighted by atomic mass is 32.1. The second kappa shape index (κ2) is 12.5. The Balaban J connectivity index is 1.52. The smallest absolute Gasteiger partial charge is 0.338 e. The van der Waals surface area contributed by atoms with Gasteiger partial charge in [-0.05, 0) is 43.0 Å². The van der Waals surface area contributed by atoms with Gasteiger partial charge in [-0.2, -0.15) is 0 Å². The SMILES string of the molecule is CCOC(=O)C1=C(c2ccccc2)N=c2s/c(=C\c3ccc(-c4ccc(C(C)=O)cc4)o3)c(=O)n2[C@@H]1c1ccc(C(C)C)cc1. The third-order valence-corrected chi connectivity index (χ3v) is 8.75. The molecule has 226 valence electrons. The first-order valence-corrected chi connectivity index (χ1v) is 15.7. The van der Waals surface area contributed by atoms with Crippen LogP contribution in [0.1, 0.15) is 72.5 Å². The largest absolute Gasteiger partial charge is 0.463 e. The highest BCUT2D eigenvalue weighted by Crippen LogP contribution is 2.35. The normalized spacial score (nSPS) is 14.8. The van der Waals surface area contributed by atoms with Gasteiger partial charge in [0.25, 0.3) is 5.56 Å². The van der Waals surface area contributed by atoms with Crippen molar-refractivity contribution in [2.75, 3.05) is 6.61 Å². The molecule has 0 amide bonds. The van der Waals surface area contributed by atoms with E-state index in [1.165, 1.54) is 18.3 Å². The molecule has 3 aromatic carbocycles. The van der Waals surface area contributed by atoms with Gasteiger partial charge in [-0.1, -0.05) is 104 Å². The first-order chi connectivity index (χ1) is 21.7. The molecule has 0 spiro atoms. The third kappa shape index (κ3) is 5.89. The van der Waals surface area contributed by atoms with Gasteiger partial charge in [-0.3, -0.25) is 14.2 Å². The summed E-state index contributed by atoms with van der Waals surface area (Å²) in [5.41, 5.74) is 4.65. The lowest BCUT2D eigenvalue weighted by Gasteiger charge is -2.26. The molecule has 1 aliphatic heterocycles. The molecule has 0 radical (unpaired) electrons. The molecule has 0 saturated heterocycles. The highest BCUT2D eigenvalue weighted by molar-refractivity contribution is 7.07. The Morgan fingerprint density at radius 3 is 2.31 bits per heavy atom. The summed E-state index contributed by atoms with van der Waals surface area (Å²) in [5.74, 6) is 0.914. The van der Waals surface area contributed by atoms with Crippen LogP contribution < -0.4 is 14.9 Å². The number of ketones is 1. The van der Waals surface area contributed by atoms with E-state index >= 15 is 0 Å². The molecule has 0 aliphatic carbocycles. The second-order valence-corrected chi connectivity index (χ2v) is 12.1. The molecule has 8 heteroatoms. The van der Waals surface area contributed by atoms with Crippen molar-refractivity contribution >= 4 is 34.9 Å². The van der Waals surface area contributed by atoms with E-state index in [1.54, 1.807) is 35.8 Å². The molecule has 0 fully saturated rings. The second-order valence-electron chi connectivity index (χ2n) is 11.1. The number of aromatic nitrogens is 1. The summed E-state index contributed by atoms with van der Waals surface area (Å²) in [6.45, 7) is 7.72. The summed E-state index contributed by atoms with van der Waals surface area (Å²) in [7, 11) is 0. The van der Waals surface area contributed by atoms with Crippen LogP contribution in [0.3, 0.4) is 0 Å².